The van der Waals surface area contributed by atoms with E-state index in [0.717, 1.165) is 5.69 Å². The van der Waals surface area contributed by atoms with E-state index in [1.54, 1.807) is 58.2 Å². The second kappa shape index (κ2) is 14.0. The molecular weight excluding hydrogens is 468 g/mol. The van der Waals surface area contributed by atoms with Gasteiger partial charge < -0.3 is 13.8 Å². The van der Waals surface area contributed by atoms with Crippen molar-refractivity contribution in [1.29, 1.82) is 0 Å². The molecule has 11 heteroatoms. The van der Waals surface area contributed by atoms with E-state index in [-0.39, 0.29) is 26.4 Å². The van der Waals surface area contributed by atoms with Gasteiger partial charge in [-0.2, -0.15) is 0 Å². The number of phosphoric acid groups is 1. The van der Waals surface area contributed by atoms with Gasteiger partial charge in [0.25, 0.3) is 0 Å². The minimum Gasteiger partial charge on any atom is -0.493 e. The van der Waals surface area contributed by atoms with Crippen LogP contribution in [0.1, 0.15) is 44.8 Å². The van der Waals surface area contributed by atoms with Crippen LogP contribution in [0, 0.1) is 0 Å². The van der Waals surface area contributed by atoms with Crippen molar-refractivity contribution < 1.29 is 36.5 Å². The maximum Gasteiger partial charge on any atom is 0.475 e. The zero-order valence-electron chi connectivity index (χ0n) is 19.5. The number of nitrogens with zero attached hydrogens (tertiary/aromatic N) is 1. The summed E-state index contributed by atoms with van der Waals surface area (Å²) in [6, 6.07) is 12.5. The fourth-order valence-corrected chi connectivity index (χ4v) is 6.52. The van der Waals surface area contributed by atoms with E-state index in [0.29, 0.717) is 24.3 Å². The molecule has 2 aromatic rings. The van der Waals surface area contributed by atoms with Crippen molar-refractivity contribution in [1.82, 2.24) is 4.98 Å². The zero-order chi connectivity index (χ0) is 24.2. The number of hydrogen-bond acceptors (Lipinski definition) is 9. The van der Waals surface area contributed by atoms with E-state index in [9.17, 15) is 9.13 Å². The summed E-state index contributed by atoms with van der Waals surface area (Å²) in [4.78, 5) is 4.27. The molecule has 0 spiro atoms. The minimum absolute atomic E-state index is 0.0839. The number of benzene rings is 1. The molecule has 0 aliphatic carbocycles. The van der Waals surface area contributed by atoms with Gasteiger partial charge >= 0.3 is 15.4 Å². The van der Waals surface area contributed by atoms with Gasteiger partial charge in [-0.25, -0.2) is 4.57 Å². The summed E-state index contributed by atoms with van der Waals surface area (Å²) in [5, 5.41) is 0. The van der Waals surface area contributed by atoms with Gasteiger partial charge in [0.2, 0.25) is 0 Å². The third-order valence-electron chi connectivity index (χ3n) is 4.23. The first-order valence-corrected chi connectivity index (χ1v) is 14.1. The van der Waals surface area contributed by atoms with Crippen LogP contribution in [0.5, 0.6) is 5.75 Å². The third kappa shape index (κ3) is 8.62. The lowest BCUT2D eigenvalue weighted by atomic mass is 10.2. The Balaban J connectivity index is 2.24. The quantitative estimate of drug-likeness (QED) is 0.250. The summed E-state index contributed by atoms with van der Waals surface area (Å²) >= 11 is 0. The van der Waals surface area contributed by atoms with Crippen LogP contribution in [0.4, 0.5) is 0 Å². The Bertz CT molecular complexity index is 890. The summed E-state index contributed by atoms with van der Waals surface area (Å²) < 4.78 is 59.6. The number of hydrogen-bond donors (Lipinski definition) is 0. The maximum atomic E-state index is 13.6. The van der Waals surface area contributed by atoms with E-state index in [1.807, 2.05) is 18.2 Å². The predicted octanol–water partition coefficient (Wildman–Crippen LogP) is 6.17. The molecule has 0 fully saturated rings. The normalized spacial score (nSPS) is 13.1. The molecule has 1 aromatic heterocycles. The van der Waals surface area contributed by atoms with E-state index < -0.39 is 21.3 Å². The Labute approximate surface area is 195 Å². The Hall–Kier alpha value is -1.57. The Morgan fingerprint density at radius 2 is 1.42 bits per heavy atom. The zero-order valence-corrected chi connectivity index (χ0v) is 21.3. The number of aromatic nitrogens is 1. The van der Waals surface area contributed by atoms with Crippen molar-refractivity contribution in [3.8, 4) is 5.75 Å². The van der Waals surface area contributed by atoms with Gasteiger partial charge in [-0.15, -0.1) is 0 Å². The average Bonchev–Trinajstić information content (AvgIpc) is 2.79. The Morgan fingerprint density at radius 3 is 1.94 bits per heavy atom. The SMILES string of the molecule is CCOP(=O)(OCC)OC(c1ccc(OCCc2ccccn2)cc1)P(=O)(OCC)OCC. The van der Waals surface area contributed by atoms with Gasteiger partial charge in [0.15, 0.2) is 5.85 Å². The van der Waals surface area contributed by atoms with Crippen molar-refractivity contribution in [2.24, 2.45) is 0 Å². The summed E-state index contributed by atoms with van der Waals surface area (Å²) in [6.45, 7) is 7.52. The van der Waals surface area contributed by atoms with Crippen LogP contribution in [0.15, 0.2) is 48.7 Å². The highest BCUT2D eigenvalue weighted by Crippen LogP contribution is 2.67. The standard InChI is InChI=1S/C22H33NO8P2/c1-5-27-32(24,28-6-2)22(31-33(25,29-7-3)30-8-4)19-12-14-21(15-13-19)26-18-16-20-11-9-10-17-23-20/h9-15,17,22H,5-8,16,18H2,1-4H3. The number of pyridine rings is 1. The van der Waals surface area contributed by atoms with Crippen molar-refractivity contribution in [2.45, 2.75) is 40.0 Å². The molecule has 1 unspecified atom stereocenters. The molecule has 184 valence electrons. The number of ether oxygens (including phenoxy) is 1. The molecular formula is C22H33NO8P2. The van der Waals surface area contributed by atoms with Gasteiger partial charge in [0.05, 0.1) is 33.0 Å². The molecule has 0 N–H and O–H groups in total. The molecule has 0 aliphatic heterocycles. The fraction of sp³-hybridized carbons (Fsp3) is 0.500. The molecule has 0 amide bonds. The highest BCUT2D eigenvalue weighted by atomic mass is 31.2. The molecule has 1 aromatic carbocycles. The van der Waals surface area contributed by atoms with Gasteiger partial charge in [-0.3, -0.25) is 23.1 Å². The minimum atomic E-state index is -4.02. The largest absolute Gasteiger partial charge is 0.493 e. The number of rotatable bonds is 16. The Kier molecular flexibility index (Phi) is 11.7. The first kappa shape index (κ1) is 27.7. The van der Waals surface area contributed by atoms with Crippen LogP contribution in [0.3, 0.4) is 0 Å². The van der Waals surface area contributed by atoms with Crippen LogP contribution >= 0.6 is 15.4 Å². The maximum absolute atomic E-state index is 13.6. The van der Waals surface area contributed by atoms with E-state index in [4.69, 9.17) is 27.4 Å². The van der Waals surface area contributed by atoms with Crippen LogP contribution < -0.4 is 4.74 Å². The van der Waals surface area contributed by atoms with E-state index in [1.165, 1.54) is 0 Å². The first-order chi connectivity index (χ1) is 15.9. The van der Waals surface area contributed by atoms with Crippen molar-refractivity contribution in [3.63, 3.8) is 0 Å². The van der Waals surface area contributed by atoms with Gasteiger partial charge in [0.1, 0.15) is 5.75 Å². The highest BCUT2D eigenvalue weighted by molar-refractivity contribution is 7.55. The number of phosphoric ester groups is 1. The van der Waals surface area contributed by atoms with Gasteiger partial charge in [-0.05, 0) is 57.5 Å². The first-order valence-electron chi connectivity index (χ1n) is 11.0. The molecule has 1 atom stereocenters. The smallest absolute Gasteiger partial charge is 0.475 e. The van der Waals surface area contributed by atoms with Crippen molar-refractivity contribution >= 4 is 15.4 Å². The molecule has 1 heterocycles. The van der Waals surface area contributed by atoms with Crippen LogP contribution in [-0.4, -0.2) is 38.0 Å². The molecule has 9 nitrogen and oxygen atoms in total. The second-order valence-corrected chi connectivity index (χ2v) is 10.3. The monoisotopic (exact) mass is 501 g/mol. The summed E-state index contributed by atoms with van der Waals surface area (Å²) in [5.41, 5.74) is 1.36. The summed E-state index contributed by atoms with van der Waals surface area (Å²) in [6.07, 6.45) is 2.40. The molecule has 33 heavy (non-hydrogen) atoms. The lowest BCUT2D eigenvalue weighted by Crippen LogP contribution is -2.12. The highest BCUT2D eigenvalue weighted by Gasteiger charge is 2.44. The molecule has 2 rings (SSSR count). The molecule has 0 saturated carbocycles. The molecule has 0 saturated heterocycles. The van der Waals surface area contributed by atoms with Crippen molar-refractivity contribution in [2.75, 3.05) is 33.0 Å². The lowest BCUT2D eigenvalue weighted by molar-refractivity contribution is 0.0892. The summed E-state index contributed by atoms with van der Waals surface area (Å²) in [7, 11) is -7.89. The topological polar surface area (TPSA) is 102 Å². The van der Waals surface area contributed by atoms with E-state index in [2.05, 4.69) is 4.98 Å². The van der Waals surface area contributed by atoms with Crippen LogP contribution in [0.25, 0.3) is 0 Å². The molecule has 0 radical (unpaired) electrons. The van der Waals surface area contributed by atoms with Gasteiger partial charge in [-0.1, -0.05) is 18.2 Å². The van der Waals surface area contributed by atoms with Crippen LogP contribution in [0.2, 0.25) is 0 Å². The molecule has 0 bridgehead atoms. The third-order valence-corrected chi connectivity index (χ3v) is 8.23. The van der Waals surface area contributed by atoms with Crippen molar-refractivity contribution in [3.05, 3.63) is 59.9 Å². The lowest BCUT2D eigenvalue weighted by Gasteiger charge is -2.29. The second-order valence-electron chi connectivity index (χ2n) is 6.60. The predicted molar refractivity (Wildman–Crippen MR) is 125 cm³/mol. The van der Waals surface area contributed by atoms with Gasteiger partial charge in [0, 0.05) is 18.3 Å². The Morgan fingerprint density at radius 1 is 0.818 bits per heavy atom. The molecule has 0 aliphatic rings. The average molecular weight is 501 g/mol. The van der Waals surface area contributed by atoms with Crippen LogP contribution in [-0.2, 0) is 38.2 Å². The van der Waals surface area contributed by atoms with E-state index >= 15 is 0 Å². The summed E-state index contributed by atoms with van der Waals surface area (Å²) in [5.74, 6) is -0.710. The fourth-order valence-electron chi connectivity index (χ4n) is 2.92.